The molecule has 2 N–H and O–H groups in total. The van der Waals surface area contributed by atoms with Gasteiger partial charge in [-0.05, 0) is 21.8 Å². The first-order valence-corrected chi connectivity index (χ1v) is 6.02. The van der Waals surface area contributed by atoms with Crippen molar-refractivity contribution in [2.75, 3.05) is 5.73 Å². The molecule has 0 aliphatic heterocycles. The van der Waals surface area contributed by atoms with Gasteiger partial charge in [0.25, 0.3) is 0 Å². The maximum Gasteiger partial charge on any atom is 0.218 e. The van der Waals surface area contributed by atoms with E-state index in [0.717, 1.165) is 19.4 Å². The van der Waals surface area contributed by atoms with Crippen molar-refractivity contribution in [3.05, 3.63) is 27.1 Å². The summed E-state index contributed by atoms with van der Waals surface area (Å²) in [6, 6.07) is 0. The molecule has 3 nitrogen and oxygen atoms in total. The summed E-state index contributed by atoms with van der Waals surface area (Å²) in [6.45, 7) is 5.26. The zero-order valence-electron chi connectivity index (χ0n) is 9.16. The Kier molecular flexibility index (Phi) is 4.39. The van der Waals surface area contributed by atoms with Crippen molar-refractivity contribution in [1.82, 2.24) is 4.57 Å². The maximum absolute atomic E-state index is 11.4. The minimum absolute atomic E-state index is 0.129. The number of pyridine rings is 1. The van der Waals surface area contributed by atoms with Crippen molar-refractivity contribution in [3.63, 3.8) is 0 Å². The molecule has 0 saturated heterocycles. The molecule has 0 fully saturated rings. The highest BCUT2D eigenvalue weighted by Gasteiger charge is 2.06. The van der Waals surface area contributed by atoms with Crippen LogP contribution >= 0.6 is 15.9 Å². The minimum Gasteiger partial charge on any atom is -0.394 e. The molecule has 0 unspecified atom stereocenters. The third-order valence-corrected chi connectivity index (χ3v) is 3.25. The highest BCUT2D eigenvalue weighted by atomic mass is 79.9. The summed E-state index contributed by atoms with van der Waals surface area (Å²) < 4.78 is 2.52. The van der Waals surface area contributed by atoms with Crippen molar-refractivity contribution in [2.24, 2.45) is 5.92 Å². The van der Waals surface area contributed by atoms with Gasteiger partial charge in [-0.2, -0.15) is 0 Å². The predicted molar refractivity (Wildman–Crippen MR) is 66.9 cm³/mol. The number of hydrogen-bond donors (Lipinski definition) is 1. The Labute approximate surface area is 98.4 Å². The Bertz CT molecular complexity index is 356. The summed E-state index contributed by atoms with van der Waals surface area (Å²) in [5.41, 5.74) is 5.79. The summed E-state index contributed by atoms with van der Waals surface area (Å²) in [5, 5.41) is 0. The summed E-state index contributed by atoms with van der Waals surface area (Å²) in [5.74, 6) is 0.638. The molecule has 0 atom stereocenters. The Hall–Kier alpha value is -0.770. The summed E-state index contributed by atoms with van der Waals surface area (Å²) in [6.07, 6.45) is 5.79. The number of aromatic nitrogens is 1. The average molecular weight is 273 g/mol. The van der Waals surface area contributed by atoms with Crippen LogP contribution in [0.4, 0.5) is 5.69 Å². The number of nitrogen functional groups attached to an aromatic ring is 1. The molecule has 15 heavy (non-hydrogen) atoms. The predicted octanol–water partition coefficient (Wildman–Crippen LogP) is 2.63. The highest BCUT2D eigenvalue weighted by Crippen LogP contribution is 2.13. The fraction of sp³-hybridized carbons (Fsp3) is 0.545. The average Bonchev–Trinajstić information content (AvgIpc) is 2.22. The number of nitrogens with two attached hydrogens (primary N) is 1. The second-order valence-corrected chi connectivity index (χ2v) is 4.62. The highest BCUT2D eigenvalue weighted by molar-refractivity contribution is 9.10. The van der Waals surface area contributed by atoms with Gasteiger partial charge in [-0.25, -0.2) is 0 Å². The number of anilines is 1. The molecule has 1 heterocycles. The van der Waals surface area contributed by atoms with E-state index in [1.807, 2.05) is 4.57 Å². The van der Waals surface area contributed by atoms with E-state index in [1.54, 1.807) is 12.4 Å². The fourth-order valence-corrected chi connectivity index (χ4v) is 2.06. The van der Waals surface area contributed by atoms with Crippen LogP contribution in [0.25, 0.3) is 0 Å². The van der Waals surface area contributed by atoms with E-state index in [4.69, 9.17) is 5.73 Å². The maximum atomic E-state index is 11.4. The summed E-state index contributed by atoms with van der Waals surface area (Å²) in [7, 11) is 0. The van der Waals surface area contributed by atoms with E-state index in [0.29, 0.717) is 16.1 Å². The fourth-order valence-electron chi connectivity index (χ4n) is 1.57. The van der Waals surface area contributed by atoms with E-state index in [-0.39, 0.29) is 5.43 Å². The second-order valence-electron chi connectivity index (χ2n) is 3.77. The molecule has 1 rings (SSSR count). The Morgan fingerprint density at radius 1 is 1.40 bits per heavy atom. The SMILES string of the molecule is CCC(CC)Cn1cc(N)c(=O)c(Br)c1. The van der Waals surface area contributed by atoms with Gasteiger partial charge in [0.1, 0.15) is 0 Å². The first kappa shape index (κ1) is 12.3. The molecule has 0 bridgehead atoms. The zero-order valence-corrected chi connectivity index (χ0v) is 10.8. The Morgan fingerprint density at radius 2 is 2.00 bits per heavy atom. The molecule has 0 spiro atoms. The first-order valence-electron chi connectivity index (χ1n) is 5.23. The van der Waals surface area contributed by atoms with Gasteiger partial charge in [-0.1, -0.05) is 26.7 Å². The lowest BCUT2D eigenvalue weighted by Crippen LogP contribution is -2.16. The van der Waals surface area contributed by atoms with E-state index in [1.165, 1.54) is 0 Å². The molecule has 0 amide bonds. The number of rotatable bonds is 4. The molecule has 84 valence electrons. The van der Waals surface area contributed by atoms with Gasteiger partial charge in [0, 0.05) is 18.9 Å². The van der Waals surface area contributed by atoms with Gasteiger partial charge in [-0.3, -0.25) is 4.79 Å². The van der Waals surface area contributed by atoms with Gasteiger partial charge in [0.15, 0.2) is 0 Å². The number of hydrogen-bond acceptors (Lipinski definition) is 2. The minimum atomic E-state index is -0.129. The van der Waals surface area contributed by atoms with E-state index < -0.39 is 0 Å². The third kappa shape index (κ3) is 3.09. The first-order chi connectivity index (χ1) is 7.08. The van der Waals surface area contributed by atoms with Gasteiger partial charge < -0.3 is 10.3 Å². The van der Waals surface area contributed by atoms with Crippen LogP contribution in [-0.2, 0) is 6.54 Å². The zero-order chi connectivity index (χ0) is 11.4. The van der Waals surface area contributed by atoms with Crippen LogP contribution in [0.2, 0.25) is 0 Å². The second kappa shape index (κ2) is 5.35. The topological polar surface area (TPSA) is 48.0 Å². The lowest BCUT2D eigenvalue weighted by Gasteiger charge is -2.15. The van der Waals surface area contributed by atoms with Crippen LogP contribution in [0.3, 0.4) is 0 Å². The van der Waals surface area contributed by atoms with Gasteiger partial charge in [-0.15, -0.1) is 0 Å². The normalized spacial score (nSPS) is 10.9. The van der Waals surface area contributed by atoms with E-state index in [9.17, 15) is 4.79 Å². The molecule has 0 aliphatic carbocycles. The third-order valence-electron chi connectivity index (χ3n) is 2.69. The lowest BCUT2D eigenvalue weighted by molar-refractivity contribution is 0.417. The molecular formula is C11H17BrN2O. The number of nitrogens with zero attached hydrogens (tertiary/aromatic N) is 1. The van der Waals surface area contributed by atoms with Crippen molar-refractivity contribution >= 4 is 21.6 Å². The molecule has 4 heteroatoms. The molecule has 1 aromatic heterocycles. The molecule has 0 aliphatic rings. The van der Waals surface area contributed by atoms with Crippen molar-refractivity contribution in [2.45, 2.75) is 33.2 Å². The van der Waals surface area contributed by atoms with Crippen molar-refractivity contribution in [1.29, 1.82) is 0 Å². The van der Waals surface area contributed by atoms with Crippen LogP contribution in [-0.4, -0.2) is 4.57 Å². The van der Waals surface area contributed by atoms with Crippen LogP contribution in [0.1, 0.15) is 26.7 Å². The van der Waals surface area contributed by atoms with Crippen molar-refractivity contribution in [3.8, 4) is 0 Å². The molecule has 0 aromatic carbocycles. The standard InChI is InChI=1S/C11H17BrN2O/c1-3-8(4-2)5-14-6-9(12)11(15)10(13)7-14/h6-8H,3-5,13H2,1-2H3. The van der Waals surface area contributed by atoms with Gasteiger partial charge >= 0.3 is 0 Å². The monoisotopic (exact) mass is 272 g/mol. The molecular weight excluding hydrogens is 256 g/mol. The smallest absolute Gasteiger partial charge is 0.218 e. The molecule has 0 radical (unpaired) electrons. The lowest BCUT2D eigenvalue weighted by atomic mass is 10.0. The summed E-state index contributed by atoms with van der Waals surface area (Å²) >= 11 is 3.22. The number of halogens is 1. The Balaban J connectivity index is 2.92. The quantitative estimate of drug-likeness (QED) is 0.916. The summed E-state index contributed by atoms with van der Waals surface area (Å²) in [4.78, 5) is 11.4. The van der Waals surface area contributed by atoms with Crippen LogP contribution in [0, 0.1) is 5.92 Å². The van der Waals surface area contributed by atoms with Gasteiger partial charge in [0.2, 0.25) is 5.43 Å². The Morgan fingerprint density at radius 3 is 2.47 bits per heavy atom. The largest absolute Gasteiger partial charge is 0.394 e. The van der Waals surface area contributed by atoms with Crippen molar-refractivity contribution < 1.29 is 0 Å². The van der Waals surface area contributed by atoms with E-state index in [2.05, 4.69) is 29.8 Å². The van der Waals surface area contributed by atoms with Crippen LogP contribution in [0.15, 0.2) is 21.7 Å². The van der Waals surface area contributed by atoms with Crippen LogP contribution in [0.5, 0.6) is 0 Å². The van der Waals surface area contributed by atoms with E-state index >= 15 is 0 Å². The van der Waals surface area contributed by atoms with Gasteiger partial charge in [0.05, 0.1) is 10.2 Å². The molecule has 1 aromatic rings. The van der Waals surface area contributed by atoms with Crippen LogP contribution < -0.4 is 11.2 Å². The molecule has 0 saturated carbocycles.